The van der Waals surface area contributed by atoms with E-state index in [4.69, 9.17) is 0 Å². The van der Waals surface area contributed by atoms with Gasteiger partial charge < -0.3 is 20.5 Å². The van der Waals surface area contributed by atoms with Gasteiger partial charge in [0.1, 0.15) is 5.56 Å². The van der Waals surface area contributed by atoms with E-state index in [0.29, 0.717) is 17.4 Å². The van der Waals surface area contributed by atoms with Crippen LogP contribution in [0.15, 0.2) is 53.7 Å². The lowest BCUT2D eigenvalue weighted by Gasteiger charge is -2.34. The Bertz CT molecular complexity index is 1160. The highest BCUT2D eigenvalue weighted by Crippen LogP contribution is 2.10. The number of carbonyl (C=O) groups excluding carboxylic acids is 2. The van der Waals surface area contributed by atoms with Crippen LogP contribution in [0.5, 0.6) is 0 Å². The zero-order valence-electron chi connectivity index (χ0n) is 18.3. The molecule has 1 aliphatic rings. The van der Waals surface area contributed by atoms with Gasteiger partial charge in [-0.15, -0.1) is 0 Å². The summed E-state index contributed by atoms with van der Waals surface area (Å²) in [7, 11) is 0. The van der Waals surface area contributed by atoms with E-state index in [9.17, 15) is 14.4 Å². The Hall–Kier alpha value is -3.79. The first kappa shape index (κ1) is 22.4. The molecule has 33 heavy (non-hydrogen) atoms. The number of piperazine rings is 1. The second-order valence-corrected chi connectivity index (χ2v) is 7.84. The van der Waals surface area contributed by atoms with Crippen LogP contribution < -0.4 is 21.0 Å². The number of nitrogens with zero attached hydrogens (tertiary/aromatic N) is 4. The number of hydrogen-bond donors (Lipinski definition) is 3. The van der Waals surface area contributed by atoms with E-state index < -0.39 is 5.91 Å². The van der Waals surface area contributed by atoms with E-state index in [1.807, 2.05) is 12.1 Å². The van der Waals surface area contributed by atoms with Crippen molar-refractivity contribution < 1.29 is 9.59 Å². The number of rotatable bonds is 8. The second-order valence-electron chi connectivity index (χ2n) is 7.84. The highest BCUT2D eigenvalue weighted by atomic mass is 16.2. The van der Waals surface area contributed by atoms with Crippen LogP contribution in [0.1, 0.15) is 16.8 Å². The van der Waals surface area contributed by atoms with Gasteiger partial charge in [-0.2, -0.15) is 0 Å². The number of fused-ring (bicyclic) bond motifs is 1. The fourth-order valence-electron chi connectivity index (χ4n) is 3.81. The number of aromatic nitrogens is 3. The first-order chi connectivity index (χ1) is 16.1. The quantitative estimate of drug-likeness (QED) is 0.425. The predicted octanol–water partition coefficient (Wildman–Crippen LogP) is 0.376. The topological polar surface area (TPSA) is 123 Å². The van der Waals surface area contributed by atoms with Crippen LogP contribution in [-0.4, -0.2) is 77.5 Å². The van der Waals surface area contributed by atoms with Gasteiger partial charge >= 0.3 is 0 Å². The number of nitrogens with one attached hydrogen (secondary N) is 3. The Kier molecular flexibility index (Phi) is 7.26. The van der Waals surface area contributed by atoms with Gasteiger partial charge in [0.2, 0.25) is 17.3 Å². The summed E-state index contributed by atoms with van der Waals surface area (Å²) in [6.45, 7) is 4.80. The van der Waals surface area contributed by atoms with Gasteiger partial charge in [0.05, 0.1) is 6.54 Å². The van der Waals surface area contributed by atoms with Crippen LogP contribution in [0.4, 0.5) is 5.95 Å². The Morgan fingerprint density at radius 3 is 2.55 bits per heavy atom. The maximum absolute atomic E-state index is 12.5. The van der Waals surface area contributed by atoms with E-state index in [1.165, 1.54) is 6.20 Å². The third-order valence-electron chi connectivity index (χ3n) is 5.62. The van der Waals surface area contributed by atoms with Crippen molar-refractivity contribution in [1.82, 2.24) is 30.5 Å². The minimum Gasteiger partial charge on any atom is -0.360 e. The van der Waals surface area contributed by atoms with Gasteiger partial charge in [-0.1, -0.05) is 12.1 Å². The Morgan fingerprint density at radius 2 is 1.76 bits per heavy atom. The molecule has 0 unspecified atom stereocenters. The van der Waals surface area contributed by atoms with Crippen molar-refractivity contribution in [1.29, 1.82) is 0 Å². The average Bonchev–Trinajstić information content (AvgIpc) is 2.86. The van der Waals surface area contributed by atoms with E-state index in [2.05, 4.69) is 35.4 Å². The molecule has 0 aliphatic carbocycles. The highest BCUT2D eigenvalue weighted by molar-refractivity contribution is 5.98. The van der Waals surface area contributed by atoms with Crippen molar-refractivity contribution >= 4 is 28.7 Å². The molecule has 2 amide bonds. The third kappa shape index (κ3) is 5.72. The second kappa shape index (κ2) is 10.7. The van der Waals surface area contributed by atoms with Crippen molar-refractivity contribution in [2.24, 2.45) is 0 Å². The number of hydrogen-bond acceptors (Lipinski definition) is 7. The third-order valence-corrected chi connectivity index (χ3v) is 5.62. The van der Waals surface area contributed by atoms with Crippen molar-refractivity contribution in [2.75, 3.05) is 50.7 Å². The van der Waals surface area contributed by atoms with Crippen LogP contribution in [-0.2, 0) is 4.79 Å². The molecule has 0 bridgehead atoms. The van der Waals surface area contributed by atoms with Crippen molar-refractivity contribution in [3.63, 3.8) is 0 Å². The number of benzene rings is 1. The summed E-state index contributed by atoms with van der Waals surface area (Å²) in [6, 6.07) is 8.78. The minimum absolute atomic E-state index is 0.0125. The van der Waals surface area contributed by atoms with E-state index in [1.54, 1.807) is 30.6 Å². The maximum Gasteiger partial charge on any atom is 0.257 e. The van der Waals surface area contributed by atoms with Crippen molar-refractivity contribution in [2.45, 2.75) is 6.42 Å². The summed E-state index contributed by atoms with van der Waals surface area (Å²) >= 11 is 0. The smallest absolute Gasteiger partial charge is 0.257 e. The number of H-pyrrole nitrogens is 1. The number of anilines is 1. The number of amides is 2. The molecule has 1 fully saturated rings. The maximum atomic E-state index is 12.5. The number of carbonyl (C=O) groups is 2. The molecule has 10 heteroatoms. The molecule has 4 rings (SSSR count). The summed E-state index contributed by atoms with van der Waals surface area (Å²) in [5.74, 6) is -0.0961. The average molecular weight is 450 g/mol. The fraction of sp³-hybridized carbons (Fsp3) is 0.348. The molecule has 0 spiro atoms. The van der Waals surface area contributed by atoms with Gasteiger partial charge in [0.15, 0.2) is 0 Å². The molecule has 0 saturated carbocycles. The molecule has 3 aromatic rings. The highest BCUT2D eigenvalue weighted by Gasteiger charge is 2.18. The Balaban J connectivity index is 1.14. The first-order valence-electron chi connectivity index (χ1n) is 11.0. The lowest BCUT2D eigenvalue weighted by Crippen LogP contribution is -2.47. The van der Waals surface area contributed by atoms with Crippen molar-refractivity contribution in [3.8, 4) is 0 Å². The summed E-state index contributed by atoms with van der Waals surface area (Å²) < 4.78 is 0. The van der Waals surface area contributed by atoms with Crippen LogP contribution in [0.3, 0.4) is 0 Å². The molecule has 1 aliphatic heterocycles. The van der Waals surface area contributed by atoms with Gasteiger partial charge in [-0.25, -0.2) is 9.97 Å². The molecule has 172 valence electrons. The standard InChI is InChI=1S/C23H27N7O3/c31-20(16-28-22(33)18-15-27-19-6-2-1-5-17(19)21(18)32)24-9-4-10-29-11-13-30(14-12-29)23-25-7-3-8-26-23/h1-3,5-8,15H,4,9-14,16H2,(H,24,31)(H,27,32)(H,28,33). The lowest BCUT2D eigenvalue weighted by molar-refractivity contribution is -0.120. The van der Waals surface area contributed by atoms with E-state index >= 15 is 0 Å². The summed E-state index contributed by atoms with van der Waals surface area (Å²) in [4.78, 5) is 52.9. The summed E-state index contributed by atoms with van der Waals surface area (Å²) in [6.07, 6.45) is 5.69. The molecular formula is C23H27N7O3. The SMILES string of the molecule is O=C(CNC(=O)c1c[nH]c2ccccc2c1=O)NCCCN1CCN(c2ncccn2)CC1. The molecular weight excluding hydrogens is 422 g/mol. The molecule has 0 atom stereocenters. The van der Waals surface area contributed by atoms with Gasteiger partial charge in [0.25, 0.3) is 5.91 Å². The van der Waals surface area contributed by atoms with Crippen LogP contribution >= 0.6 is 0 Å². The van der Waals surface area contributed by atoms with Crippen molar-refractivity contribution in [3.05, 3.63) is 64.7 Å². The monoisotopic (exact) mass is 449 g/mol. The zero-order chi connectivity index (χ0) is 23.0. The zero-order valence-corrected chi connectivity index (χ0v) is 18.3. The normalized spacial score (nSPS) is 14.2. The van der Waals surface area contributed by atoms with Gasteiger partial charge in [-0.05, 0) is 31.2 Å². The minimum atomic E-state index is -0.572. The molecule has 3 N–H and O–H groups in total. The lowest BCUT2D eigenvalue weighted by atomic mass is 10.1. The summed E-state index contributed by atoms with van der Waals surface area (Å²) in [5, 5.41) is 5.76. The molecule has 1 saturated heterocycles. The molecule has 1 aromatic carbocycles. The molecule has 2 aromatic heterocycles. The Morgan fingerprint density at radius 1 is 1.00 bits per heavy atom. The molecule has 3 heterocycles. The van der Waals surface area contributed by atoms with Crippen LogP contribution in [0.25, 0.3) is 10.9 Å². The van der Waals surface area contributed by atoms with E-state index in [-0.39, 0.29) is 23.4 Å². The fourth-order valence-corrected chi connectivity index (χ4v) is 3.81. The summed E-state index contributed by atoms with van der Waals surface area (Å²) in [5.41, 5.74) is 0.286. The largest absolute Gasteiger partial charge is 0.360 e. The number of aromatic amines is 1. The van der Waals surface area contributed by atoms with Crippen LogP contribution in [0, 0.1) is 0 Å². The molecule has 10 nitrogen and oxygen atoms in total. The predicted molar refractivity (Wildman–Crippen MR) is 125 cm³/mol. The first-order valence-corrected chi connectivity index (χ1v) is 11.0. The number of pyridine rings is 1. The Labute approximate surface area is 191 Å². The van der Waals surface area contributed by atoms with Gasteiger partial charge in [-0.3, -0.25) is 19.3 Å². The van der Waals surface area contributed by atoms with E-state index in [0.717, 1.165) is 45.1 Å². The van der Waals surface area contributed by atoms with Gasteiger partial charge in [0, 0.05) is 62.2 Å². The molecule has 0 radical (unpaired) electrons. The number of para-hydroxylation sites is 1. The van der Waals surface area contributed by atoms with Crippen LogP contribution in [0.2, 0.25) is 0 Å².